The minimum absolute atomic E-state index is 0.0876. The van der Waals surface area contributed by atoms with Crippen molar-refractivity contribution in [3.05, 3.63) is 65.1 Å². The molecule has 1 amide bonds. The van der Waals surface area contributed by atoms with E-state index in [0.29, 0.717) is 24.6 Å². The third-order valence-corrected chi connectivity index (χ3v) is 5.25. The number of pyridine rings is 1. The summed E-state index contributed by atoms with van der Waals surface area (Å²) in [7, 11) is 1.88. The van der Waals surface area contributed by atoms with Gasteiger partial charge >= 0.3 is 0 Å². The van der Waals surface area contributed by atoms with E-state index in [-0.39, 0.29) is 11.9 Å². The predicted molar refractivity (Wildman–Crippen MR) is 111 cm³/mol. The lowest BCUT2D eigenvalue weighted by molar-refractivity contribution is -0.116. The number of fused-ring (bicyclic) bond motifs is 1. The van der Waals surface area contributed by atoms with Crippen molar-refractivity contribution >= 4 is 11.6 Å². The number of aromatic nitrogens is 3. The maximum absolute atomic E-state index is 11.6. The molecule has 2 N–H and O–H groups in total. The van der Waals surface area contributed by atoms with Crippen molar-refractivity contribution in [2.24, 2.45) is 7.05 Å². The number of amides is 1. The lowest BCUT2D eigenvalue weighted by Gasteiger charge is -2.20. The minimum atomic E-state index is 0.0876. The molecule has 0 fully saturated rings. The third-order valence-electron chi connectivity index (χ3n) is 5.25. The van der Waals surface area contributed by atoms with Gasteiger partial charge in [0.1, 0.15) is 5.75 Å². The number of ether oxygens (including phenoxy) is 1. The summed E-state index contributed by atoms with van der Waals surface area (Å²) in [5.74, 6) is 1.48. The standard InChI is InChI=1S/C22H25N5O2/c1-14(16-6-8-20-17(11-16)7-9-21(28)25-20)24-13-19-15(2)26-27(3)22(19)29-18-5-4-10-23-12-18/h4-6,8,10-12,14,24H,7,9,13H2,1-3H3,(H,25,28). The Kier molecular flexibility index (Phi) is 5.31. The number of nitrogens with zero attached hydrogens (tertiary/aromatic N) is 3. The average Bonchev–Trinajstić information content (AvgIpc) is 2.99. The van der Waals surface area contributed by atoms with Gasteiger partial charge in [-0.15, -0.1) is 0 Å². The Morgan fingerprint density at radius 2 is 2.17 bits per heavy atom. The molecule has 7 nitrogen and oxygen atoms in total. The molecule has 3 aromatic rings. The number of aryl methyl sites for hydroxylation is 3. The maximum atomic E-state index is 11.6. The van der Waals surface area contributed by atoms with E-state index in [1.54, 1.807) is 17.1 Å². The number of carbonyl (C=O) groups is 1. The smallest absolute Gasteiger partial charge is 0.224 e. The monoisotopic (exact) mass is 391 g/mol. The topological polar surface area (TPSA) is 81.1 Å². The van der Waals surface area contributed by atoms with E-state index in [1.165, 1.54) is 11.1 Å². The number of carbonyl (C=O) groups excluding carboxylic acids is 1. The summed E-state index contributed by atoms with van der Waals surface area (Å²) in [6.45, 7) is 4.75. The Bertz CT molecular complexity index is 1030. The van der Waals surface area contributed by atoms with Crippen molar-refractivity contribution in [3.63, 3.8) is 0 Å². The number of hydrogen-bond acceptors (Lipinski definition) is 5. The highest BCUT2D eigenvalue weighted by Gasteiger charge is 2.19. The fourth-order valence-electron chi connectivity index (χ4n) is 3.58. The van der Waals surface area contributed by atoms with Crippen LogP contribution in [0, 0.1) is 6.92 Å². The van der Waals surface area contributed by atoms with Gasteiger partial charge in [0.05, 0.1) is 17.5 Å². The van der Waals surface area contributed by atoms with E-state index in [2.05, 4.69) is 39.8 Å². The van der Waals surface area contributed by atoms with Crippen molar-refractivity contribution in [1.29, 1.82) is 0 Å². The first-order valence-electron chi connectivity index (χ1n) is 9.77. The fraction of sp³-hybridized carbons (Fsp3) is 0.318. The highest BCUT2D eigenvalue weighted by molar-refractivity contribution is 5.93. The van der Waals surface area contributed by atoms with Crippen LogP contribution in [0.2, 0.25) is 0 Å². The summed E-state index contributed by atoms with van der Waals surface area (Å²) in [5.41, 5.74) is 5.25. The van der Waals surface area contributed by atoms with E-state index in [0.717, 1.165) is 23.4 Å². The summed E-state index contributed by atoms with van der Waals surface area (Å²) >= 11 is 0. The molecule has 29 heavy (non-hydrogen) atoms. The van der Waals surface area contributed by atoms with Crippen molar-refractivity contribution in [2.45, 2.75) is 39.3 Å². The molecule has 2 aromatic heterocycles. The normalized spacial score (nSPS) is 14.2. The first-order valence-corrected chi connectivity index (χ1v) is 9.77. The van der Waals surface area contributed by atoms with Crippen LogP contribution in [0.3, 0.4) is 0 Å². The molecule has 7 heteroatoms. The zero-order valence-corrected chi connectivity index (χ0v) is 16.9. The van der Waals surface area contributed by atoms with E-state index >= 15 is 0 Å². The maximum Gasteiger partial charge on any atom is 0.224 e. The number of hydrogen-bond donors (Lipinski definition) is 2. The van der Waals surface area contributed by atoms with Crippen LogP contribution >= 0.6 is 0 Å². The lowest BCUT2D eigenvalue weighted by Crippen LogP contribution is -2.21. The number of anilines is 1. The van der Waals surface area contributed by atoms with Crippen molar-refractivity contribution in [1.82, 2.24) is 20.1 Å². The number of nitrogens with one attached hydrogen (secondary N) is 2. The molecule has 0 saturated carbocycles. The zero-order valence-electron chi connectivity index (χ0n) is 16.9. The molecular formula is C22H25N5O2. The van der Waals surface area contributed by atoms with Crippen molar-refractivity contribution < 1.29 is 9.53 Å². The molecular weight excluding hydrogens is 366 g/mol. The molecule has 0 bridgehead atoms. The van der Waals surface area contributed by atoms with Crippen LogP contribution in [0.15, 0.2) is 42.7 Å². The second-order valence-corrected chi connectivity index (χ2v) is 7.35. The SMILES string of the molecule is Cc1nn(C)c(Oc2cccnc2)c1CNC(C)c1ccc2c(c1)CCC(=O)N2. The van der Waals surface area contributed by atoms with Crippen molar-refractivity contribution in [2.75, 3.05) is 5.32 Å². The Labute approximate surface area is 170 Å². The minimum Gasteiger partial charge on any atom is -0.437 e. The second kappa shape index (κ2) is 8.05. The summed E-state index contributed by atoms with van der Waals surface area (Å²) in [5, 5.41) is 11.0. The lowest BCUT2D eigenvalue weighted by atomic mass is 9.97. The van der Waals surface area contributed by atoms with Gasteiger partial charge in [0.25, 0.3) is 0 Å². The van der Waals surface area contributed by atoms with Gasteiger partial charge in [-0.25, -0.2) is 4.68 Å². The first kappa shape index (κ1) is 19.1. The molecule has 1 unspecified atom stereocenters. The molecule has 0 saturated heterocycles. The van der Waals surface area contributed by atoms with Gasteiger partial charge < -0.3 is 15.4 Å². The number of rotatable bonds is 6. The van der Waals surface area contributed by atoms with Gasteiger partial charge in [0, 0.05) is 37.9 Å². The van der Waals surface area contributed by atoms with Crippen LogP contribution in [0.25, 0.3) is 0 Å². The summed E-state index contributed by atoms with van der Waals surface area (Å²) in [4.78, 5) is 15.7. The molecule has 1 atom stereocenters. The van der Waals surface area contributed by atoms with Gasteiger partial charge in [-0.2, -0.15) is 5.10 Å². The van der Waals surface area contributed by atoms with E-state index in [1.807, 2.05) is 32.2 Å². The molecule has 0 spiro atoms. The summed E-state index contributed by atoms with van der Waals surface area (Å²) < 4.78 is 7.80. The molecule has 3 heterocycles. The molecule has 0 radical (unpaired) electrons. The van der Waals surface area contributed by atoms with Gasteiger partial charge in [-0.3, -0.25) is 9.78 Å². The zero-order chi connectivity index (χ0) is 20.4. The Morgan fingerprint density at radius 3 is 2.97 bits per heavy atom. The molecule has 0 aliphatic carbocycles. The van der Waals surface area contributed by atoms with Crippen LogP contribution in [0.1, 0.15) is 41.8 Å². The summed E-state index contributed by atoms with van der Waals surface area (Å²) in [6.07, 6.45) is 4.73. The van der Waals surface area contributed by atoms with Crippen molar-refractivity contribution in [3.8, 4) is 11.6 Å². The van der Waals surface area contributed by atoms with Crippen LogP contribution < -0.4 is 15.4 Å². The third kappa shape index (κ3) is 4.14. The van der Waals surface area contributed by atoms with Gasteiger partial charge in [-0.1, -0.05) is 12.1 Å². The molecule has 4 rings (SSSR count). The van der Waals surface area contributed by atoms with Crippen LogP contribution in [-0.4, -0.2) is 20.7 Å². The van der Waals surface area contributed by atoms with Crippen LogP contribution in [0.4, 0.5) is 5.69 Å². The van der Waals surface area contributed by atoms with E-state index < -0.39 is 0 Å². The first-order chi connectivity index (χ1) is 14.0. The molecule has 1 aliphatic heterocycles. The molecule has 1 aliphatic rings. The highest BCUT2D eigenvalue weighted by Crippen LogP contribution is 2.29. The van der Waals surface area contributed by atoms with Gasteiger partial charge in [-0.05, 0) is 49.6 Å². The van der Waals surface area contributed by atoms with Crippen LogP contribution in [-0.2, 0) is 24.8 Å². The molecule has 150 valence electrons. The Hall–Kier alpha value is -3.19. The van der Waals surface area contributed by atoms with Crippen LogP contribution in [0.5, 0.6) is 11.6 Å². The second-order valence-electron chi connectivity index (χ2n) is 7.35. The average molecular weight is 391 g/mol. The predicted octanol–water partition coefficient (Wildman–Crippen LogP) is 3.65. The number of benzene rings is 1. The Balaban J connectivity index is 1.48. The highest BCUT2D eigenvalue weighted by atomic mass is 16.5. The van der Waals surface area contributed by atoms with E-state index in [4.69, 9.17) is 4.74 Å². The Morgan fingerprint density at radius 1 is 1.31 bits per heavy atom. The quantitative estimate of drug-likeness (QED) is 0.670. The van der Waals surface area contributed by atoms with Gasteiger partial charge in [0.2, 0.25) is 11.8 Å². The van der Waals surface area contributed by atoms with Gasteiger partial charge in [0.15, 0.2) is 0 Å². The fourth-order valence-corrected chi connectivity index (χ4v) is 3.58. The largest absolute Gasteiger partial charge is 0.437 e. The molecule has 1 aromatic carbocycles. The summed E-state index contributed by atoms with van der Waals surface area (Å²) in [6, 6.07) is 10.1. The van der Waals surface area contributed by atoms with E-state index in [9.17, 15) is 4.79 Å².